The van der Waals surface area contributed by atoms with Gasteiger partial charge in [0.15, 0.2) is 10.3 Å². The predicted octanol–water partition coefficient (Wildman–Crippen LogP) is -2.29. The molecule has 0 aliphatic carbocycles. The Bertz CT molecular complexity index is 143. The van der Waals surface area contributed by atoms with Crippen molar-refractivity contribution in [3.05, 3.63) is 5.14 Å². The Morgan fingerprint density at radius 1 is 1.56 bits per heavy atom. The molecule has 4 nitrogen and oxygen atoms in total. The number of nitrogens with one attached hydrogen (secondary N) is 1. The van der Waals surface area contributed by atoms with E-state index in [0.29, 0.717) is 6.42 Å². The van der Waals surface area contributed by atoms with Crippen molar-refractivity contribution in [3.8, 4) is 0 Å². The first-order valence-electron chi connectivity index (χ1n) is 2.20. The van der Waals surface area contributed by atoms with E-state index < -0.39 is 10.3 Å². The number of rotatable bonds is 3. The summed E-state index contributed by atoms with van der Waals surface area (Å²) in [5, 5.41) is 6.19. The van der Waals surface area contributed by atoms with Gasteiger partial charge in [0.1, 0.15) is 0 Å². The van der Waals surface area contributed by atoms with Crippen molar-refractivity contribution in [1.82, 2.24) is 0 Å². The summed E-state index contributed by atoms with van der Waals surface area (Å²) in [4.78, 5) is 0. The second-order valence-electron chi connectivity index (χ2n) is 1.28. The van der Waals surface area contributed by atoms with Crippen LogP contribution < -0.4 is 29.6 Å². The van der Waals surface area contributed by atoms with Crippen molar-refractivity contribution in [2.45, 2.75) is 13.3 Å². The minimum Gasteiger partial charge on any atom is -0.540 e. The van der Waals surface area contributed by atoms with Crippen molar-refractivity contribution < 1.29 is 42.2 Å². The molecule has 0 aromatic carbocycles. The first-order chi connectivity index (χ1) is 3.56. The van der Waals surface area contributed by atoms with Gasteiger partial charge in [-0.25, -0.2) is 8.42 Å². The molecule has 0 saturated heterocycles. The van der Waals surface area contributed by atoms with Gasteiger partial charge in [0.25, 0.3) is 0 Å². The molecule has 0 radical (unpaired) electrons. The largest absolute Gasteiger partial charge is 1.00 e. The van der Waals surface area contributed by atoms with Gasteiger partial charge in [-0.2, -0.15) is 0 Å². The molecule has 0 fully saturated rings. The first-order valence-corrected chi connectivity index (χ1v) is 3.61. The van der Waals surface area contributed by atoms with Crippen LogP contribution in [0.1, 0.15) is 13.3 Å². The van der Waals surface area contributed by atoms with Crippen LogP contribution in [0.15, 0.2) is 0 Å². The first kappa shape index (κ1) is 12.5. The maximum atomic E-state index is 9.83. The van der Waals surface area contributed by atoms with Crippen LogP contribution >= 0.6 is 0 Å². The van der Waals surface area contributed by atoms with Gasteiger partial charge < -0.3 is 5.14 Å². The maximum absolute atomic E-state index is 9.83. The minimum atomic E-state index is -3.94. The molecule has 0 heterocycles. The summed E-state index contributed by atoms with van der Waals surface area (Å²) in [5.74, 6) is 0. The minimum absolute atomic E-state index is 0. The Balaban J connectivity index is 0. The quantitative estimate of drug-likeness (QED) is 0.438. The zero-order valence-electron chi connectivity index (χ0n) is 5.55. The summed E-state index contributed by atoms with van der Waals surface area (Å²) >= 11 is 0. The molecular formula is C3H8NNaO3S. The van der Waals surface area contributed by atoms with Gasteiger partial charge in [-0.05, 0) is 6.42 Å². The van der Waals surface area contributed by atoms with Crippen molar-refractivity contribution in [2.24, 2.45) is 0 Å². The van der Waals surface area contributed by atoms with E-state index in [9.17, 15) is 8.42 Å². The third kappa shape index (κ3) is 12.1. The van der Waals surface area contributed by atoms with Crippen molar-refractivity contribution in [3.63, 3.8) is 0 Å². The van der Waals surface area contributed by atoms with Crippen molar-refractivity contribution >= 4 is 10.3 Å². The van der Waals surface area contributed by atoms with Crippen LogP contribution in [0.5, 0.6) is 0 Å². The van der Waals surface area contributed by atoms with Gasteiger partial charge >= 0.3 is 29.6 Å². The Labute approximate surface area is 77.3 Å². The normalized spacial score (nSPS) is 10.4. The third-order valence-corrected chi connectivity index (χ3v) is 0.920. The SMILES string of the molecule is CCCOS([NH-])(=O)=O.[Na+]. The summed E-state index contributed by atoms with van der Waals surface area (Å²) < 4.78 is 23.7. The molecule has 0 unspecified atom stereocenters. The Kier molecular flexibility index (Phi) is 7.86. The van der Waals surface area contributed by atoms with Gasteiger partial charge in [0.05, 0.1) is 6.61 Å². The standard InChI is InChI=1S/C3H8NO3S.Na/c1-2-3-7-8(4,5)6;/h2-3H2,1H3,(H-,4,5,6);/q-1;+1. The summed E-state index contributed by atoms with van der Waals surface area (Å²) in [6, 6.07) is 0. The van der Waals surface area contributed by atoms with Crippen LogP contribution in [-0.2, 0) is 14.5 Å². The van der Waals surface area contributed by atoms with E-state index >= 15 is 0 Å². The number of hydrogen-bond donors (Lipinski definition) is 0. The molecular weight excluding hydrogens is 153 g/mol. The Hall–Kier alpha value is 0.870. The summed E-state index contributed by atoms with van der Waals surface area (Å²) in [6.45, 7) is 1.87. The van der Waals surface area contributed by atoms with Crippen LogP contribution in [0.3, 0.4) is 0 Å². The average Bonchev–Trinajstić information content (AvgIpc) is 1.59. The Morgan fingerprint density at radius 2 is 2.00 bits per heavy atom. The fourth-order valence-corrected chi connectivity index (χ4v) is 0.579. The molecule has 6 heteroatoms. The topological polar surface area (TPSA) is 67.2 Å². The van der Waals surface area contributed by atoms with Crippen LogP contribution in [0.25, 0.3) is 5.14 Å². The van der Waals surface area contributed by atoms with Crippen LogP contribution in [-0.4, -0.2) is 15.0 Å². The van der Waals surface area contributed by atoms with Crippen LogP contribution in [0.2, 0.25) is 0 Å². The fourth-order valence-electron chi connectivity index (χ4n) is 0.193. The second kappa shape index (κ2) is 5.64. The van der Waals surface area contributed by atoms with E-state index in [1.807, 2.05) is 0 Å². The molecule has 0 saturated carbocycles. The van der Waals surface area contributed by atoms with E-state index in [2.05, 4.69) is 4.18 Å². The Morgan fingerprint density at radius 3 is 2.11 bits per heavy atom. The molecule has 0 aliphatic rings. The zero-order valence-corrected chi connectivity index (χ0v) is 8.36. The zero-order chi connectivity index (χ0) is 6.62. The smallest absolute Gasteiger partial charge is 0.540 e. The molecule has 0 aromatic rings. The fraction of sp³-hybridized carbons (Fsp3) is 1.00. The van der Waals surface area contributed by atoms with E-state index in [1.54, 1.807) is 6.92 Å². The molecule has 50 valence electrons. The van der Waals surface area contributed by atoms with Gasteiger partial charge in [0.2, 0.25) is 0 Å². The van der Waals surface area contributed by atoms with Gasteiger partial charge in [-0.15, -0.1) is 0 Å². The van der Waals surface area contributed by atoms with E-state index in [4.69, 9.17) is 5.14 Å². The molecule has 9 heavy (non-hydrogen) atoms. The van der Waals surface area contributed by atoms with Gasteiger partial charge in [0, 0.05) is 0 Å². The van der Waals surface area contributed by atoms with Gasteiger partial charge in [-0.3, -0.25) is 4.18 Å². The molecule has 0 rings (SSSR count). The third-order valence-electron chi connectivity index (χ3n) is 0.443. The van der Waals surface area contributed by atoms with Gasteiger partial charge in [-0.1, -0.05) is 6.92 Å². The molecule has 0 spiro atoms. The monoisotopic (exact) mass is 161 g/mol. The maximum Gasteiger partial charge on any atom is 1.00 e. The van der Waals surface area contributed by atoms with E-state index in [1.165, 1.54) is 0 Å². The number of hydrogen-bond acceptors (Lipinski definition) is 3. The second-order valence-corrected chi connectivity index (χ2v) is 2.42. The molecule has 0 amide bonds. The summed E-state index contributed by atoms with van der Waals surface area (Å²) in [7, 11) is -3.94. The van der Waals surface area contributed by atoms with E-state index in [-0.39, 0.29) is 36.2 Å². The van der Waals surface area contributed by atoms with Crippen LogP contribution in [0, 0.1) is 0 Å². The van der Waals surface area contributed by atoms with Crippen LogP contribution in [0.4, 0.5) is 0 Å². The predicted molar refractivity (Wildman–Crippen MR) is 29.5 cm³/mol. The molecule has 0 aliphatic heterocycles. The van der Waals surface area contributed by atoms with Crippen molar-refractivity contribution in [1.29, 1.82) is 0 Å². The molecule has 0 aromatic heterocycles. The summed E-state index contributed by atoms with van der Waals surface area (Å²) in [5.41, 5.74) is 0. The molecule has 0 bridgehead atoms. The molecule has 1 N–H and O–H groups in total. The summed E-state index contributed by atoms with van der Waals surface area (Å²) in [6.07, 6.45) is 0.609. The van der Waals surface area contributed by atoms with Crippen molar-refractivity contribution in [2.75, 3.05) is 6.61 Å². The van der Waals surface area contributed by atoms with E-state index in [0.717, 1.165) is 0 Å². The molecule has 0 atom stereocenters. The average molecular weight is 161 g/mol.